The zero-order chi connectivity index (χ0) is 6.24. The minimum Gasteiger partial charge on any atom is -0.359 e. The summed E-state index contributed by atoms with van der Waals surface area (Å²) in [4.78, 5) is 0. The highest BCUT2D eigenvalue weighted by Crippen LogP contribution is 1.85. The zero-order valence-electron chi connectivity index (χ0n) is 5.35. The van der Waals surface area contributed by atoms with Gasteiger partial charge in [0.1, 0.15) is 6.79 Å². The molecular weight excluding hydrogens is 104 g/mol. The normalized spacial score (nSPS) is 9.75. The maximum absolute atomic E-state index is 4.96. The molecule has 0 amide bonds. The molecule has 0 aliphatic carbocycles. The van der Waals surface area contributed by atoms with E-state index in [1.165, 1.54) is 0 Å². The molecule has 0 atom stereocenters. The molecule has 0 aliphatic rings. The van der Waals surface area contributed by atoms with Gasteiger partial charge in [0, 0.05) is 13.7 Å². The first-order chi connectivity index (χ1) is 3.91. The van der Waals surface area contributed by atoms with Crippen molar-refractivity contribution in [3.8, 4) is 0 Å². The molecule has 0 aromatic rings. The molecule has 0 saturated carbocycles. The van der Waals surface area contributed by atoms with Crippen molar-refractivity contribution in [3.05, 3.63) is 6.92 Å². The molecule has 1 radical (unpaired) electrons. The molecule has 0 rings (SSSR count). The lowest BCUT2D eigenvalue weighted by Gasteiger charge is -1.98. The van der Waals surface area contributed by atoms with Crippen LogP contribution in [0.2, 0.25) is 0 Å². The third kappa shape index (κ3) is 5.92. The molecule has 0 heterocycles. The van der Waals surface area contributed by atoms with Crippen molar-refractivity contribution in [2.45, 2.75) is 12.8 Å². The van der Waals surface area contributed by atoms with Gasteiger partial charge in [-0.1, -0.05) is 13.3 Å². The third-order valence-electron chi connectivity index (χ3n) is 0.740. The zero-order valence-corrected chi connectivity index (χ0v) is 5.35. The lowest BCUT2D eigenvalue weighted by Crippen LogP contribution is -1.97. The maximum atomic E-state index is 4.96. The van der Waals surface area contributed by atoms with Crippen molar-refractivity contribution in [1.29, 1.82) is 0 Å². The SMILES string of the molecule is [CH2]CCCOCOC. The van der Waals surface area contributed by atoms with Gasteiger partial charge in [-0.2, -0.15) is 0 Å². The molecule has 2 heteroatoms. The number of methoxy groups -OCH3 is 1. The number of unbranched alkanes of at least 4 members (excludes halogenated alkanes) is 1. The first kappa shape index (κ1) is 7.92. The first-order valence-electron chi connectivity index (χ1n) is 2.77. The van der Waals surface area contributed by atoms with Crippen LogP contribution in [0.4, 0.5) is 0 Å². The average Bonchev–Trinajstić information content (AvgIpc) is 1.81. The van der Waals surface area contributed by atoms with Crippen LogP contribution >= 0.6 is 0 Å². The Kier molecular flexibility index (Phi) is 6.85. The van der Waals surface area contributed by atoms with E-state index in [2.05, 4.69) is 11.7 Å². The Hall–Kier alpha value is -0.0800. The fourth-order valence-corrected chi connectivity index (χ4v) is 0.346. The van der Waals surface area contributed by atoms with Gasteiger partial charge in [0.15, 0.2) is 0 Å². The summed E-state index contributed by atoms with van der Waals surface area (Å²) in [7, 11) is 1.62. The second-order valence-corrected chi connectivity index (χ2v) is 1.52. The quantitative estimate of drug-likeness (QED) is 0.398. The molecule has 0 aromatic heterocycles. The minimum atomic E-state index is 0.403. The van der Waals surface area contributed by atoms with Crippen LogP contribution in [0.25, 0.3) is 0 Å². The van der Waals surface area contributed by atoms with E-state index in [9.17, 15) is 0 Å². The Bertz CT molecular complexity index is 31.5. The van der Waals surface area contributed by atoms with E-state index in [0.717, 1.165) is 19.4 Å². The predicted molar refractivity (Wildman–Crippen MR) is 32.4 cm³/mol. The summed E-state index contributed by atoms with van der Waals surface area (Å²) in [5.74, 6) is 0. The van der Waals surface area contributed by atoms with E-state index in [4.69, 9.17) is 4.74 Å². The molecule has 2 nitrogen and oxygen atoms in total. The molecule has 0 unspecified atom stereocenters. The van der Waals surface area contributed by atoms with Gasteiger partial charge in [0.25, 0.3) is 0 Å². The lowest BCUT2D eigenvalue weighted by molar-refractivity contribution is -0.0309. The van der Waals surface area contributed by atoms with Crippen LogP contribution in [0.15, 0.2) is 0 Å². The van der Waals surface area contributed by atoms with Crippen LogP contribution in [-0.4, -0.2) is 20.5 Å². The van der Waals surface area contributed by atoms with Crippen LogP contribution in [0.1, 0.15) is 12.8 Å². The summed E-state index contributed by atoms with van der Waals surface area (Å²) in [6.45, 7) is 4.83. The fraction of sp³-hybridized carbons (Fsp3) is 0.833. The molecule has 0 N–H and O–H groups in total. The Morgan fingerprint density at radius 1 is 1.50 bits per heavy atom. The van der Waals surface area contributed by atoms with Gasteiger partial charge < -0.3 is 9.47 Å². The van der Waals surface area contributed by atoms with Crippen LogP contribution in [0.5, 0.6) is 0 Å². The van der Waals surface area contributed by atoms with Crippen LogP contribution in [0, 0.1) is 6.92 Å². The molecule has 0 aliphatic heterocycles. The molecule has 0 spiro atoms. The summed E-state index contributed by atoms with van der Waals surface area (Å²) < 4.78 is 9.61. The molecule has 8 heavy (non-hydrogen) atoms. The van der Waals surface area contributed by atoms with E-state index in [1.54, 1.807) is 7.11 Å². The Balaban J connectivity index is 2.53. The summed E-state index contributed by atoms with van der Waals surface area (Å²) >= 11 is 0. The molecule has 0 bridgehead atoms. The van der Waals surface area contributed by atoms with Crippen molar-refractivity contribution >= 4 is 0 Å². The first-order valence-corrected chi connectivity index (χ1v) is 2.77. The fourth-order valence-electron chi connectivity index (χ4n) is 0.346. The number of hydrogen-bond donors (Lipinski definition) is 0. The van der Waals surface area contributed by atoms with Gasteiger partial charge >= 0.3 is 0 Å². The predicted octanol–water partition coefficient (Wildman–Crippen LogP) is 1.22. The van der Waals surface area contributed by atoms with E-state index in [-0.39, 0.29) is 0 Å². The lowest BCUT2D eigenvalue weighted by atomic mass is 10.4. The van der Waals surface area contributed by atoms with Gasteiger partial charge in [-0.15, -0.1) is 0 Å². The van der Waals surface area contributed by atoms with Crippen molar-refractivity contribution in [2.24, 2.45) is 0 Å². The van der Waals surface area contributed by atoms with Gasteiger partial charge in [-0.05, 0) is 6.42 Å². The Morgan fingerprint density at radius 3 is 2.75 bits per heavy atom. The number of ether oxygens (including phenoxy) is 2. The molecule has 49 valence electrons. The largest absolute Gasteiger partial charge is 0.359 e. The summed E-state index contributed by atoms with van der Waals surface area (Å²) in [6, 6.07) is 0. The summed E-state index contributed by atoms with van der Waals surface area (Å²) in [6.07, 6.45) is 1.95. The smallest absolute Gasteiger partial charge is 0.146 e. The highest BCUT2D eigenvalue weighted by molar-refractivity contribution is 4.37. The number of rotatable bonds is 5. The molecule has 0 saturated heterocycles. The van der Waals surface area contributed by atoms with Gasteiger partial charge in [-0.25, -0.2) is 0 Å². The maximum Gasteiger partial charge on any atom is 0.146 e. The third-order valence-corrected chi connectivity index (χ3v) is 0.740. The standard InChI is InChI=1S/C6H13O2/c1-3-4-5-8-6-7-2/h1,3-6H2,2H3. The van der Waals surface area contributed by atoms with Crippen molar-refractivity contribution < 1.29 is 9.47 Å². The van der Waals surface area contributed by atoms with Crippen LogP contribution < -0.4 is 0 Å². The Morgan fingerprint density at radius 2 is 2.25 bits per heavy atom. The van der Waals surface area contributed by atoms with E-state index in [0.29, 0.717) is 6.79 Å². The number of hydrogen-bond acceptors (Lipinski definition) is 2. The second kappa shape index (κ2) is 6.92. The van der Waals surface area contributed by atoms with Crippen molar-refractivity contribution in [2.75, 3.05) is 20.5 Å². The van der Waals surface area contributed by atoms with Crippen LogP contribution in [-0.2, 0) is 9.47 Å². The van der Waals surface area contributed by atoms with Crippen molar-refractivity contribution in [3.63, 3.8) is 0 Å². The van der Waals surface area contributed by atoms with E-state index < -0.39 is 0 Å². The average molecular weight is 117 g/mol. The van der Waals surface area contributed by atoms with Crippen molar-refractivity contribution in [1.82, 2.24) is 0 Å². The van der Waals surface area contributed by atoms with Crippen LogP contribution in [0.3, 0.4) is 0 Å². The Labute approximate surface area is 50.8 Å². The van der Waals surface area contributed by atoms with Gasteiger partial charge in [-0.3, -0.25) is 0 Å². The molecular formula is C6H13O2. The van der Waals surface area contributed by atoms with Gasteiger partial charge in [0.2, 0.25) is 0 Å². The van der Waals surface area contributed by atoms with E-state index >= 15 is 0 Å². The summed E-state index contributed by atoms with van der Waals surface area (Å²) in [5, 5.41) is 0. The molecule has 0 fully saturated rings. The topological polar surface area (TPSA) is 18.5 Å². The monoisotopic (exact) mass is 117 g/mol. The second-order valence-electron chi connectivity index (χ2n) is 1.52. The van der Waals surface area contributed by atoms with E-state index in [1.807, 2.05) is 0 Å². The highest BCUT2D eigenvalue weighted by Gasteiger charge is 1.81. The van der Waals surface area contributed by atoms with Gasteiger partial charge in [0.05, 0.1) is 0 Å². The highest BCUT2D eigenvalue weighted by atomic mass is 16.7. The summed E-state index contributed by atoms with van der Waals surface area (Å²) in [5.41, 5.74) is 0. The minimum absolute atomic E-state index is 0.403. The molecule has 0 aromatic carbocycles.